The van der Waals surface area contributed by atoms with E-state index in [0.29, 0.717) is 12.1 Å². The van der Waals surface area contributed by atoms with Gasteiger partial charge in [-0.05, 0) is 29.1 Å². The van der Waals surface area contributed by atoms with Gasteiger partial charge in [0.1, 0.15) is 0 Å². The van der Waals surface area contributed by atoms with Crippen molar-refractivity contribution in [1.82, 2.24) is 5.32 Å². The second kappa shape index (κ2) is 8.11. The van der Waals surface area contributed by atoms with Gasteiger partial charge >= 0.3 is 0 Å². The number of carbonyl (C=O) groups is 2. The average Bonchev–Trinajstić information content (AvgIpc) is 3.02. The highest BCUT2D eigenvalue weighted by atomic mass is 32.1. The summed E-state index contributed by atoms with van der Waals surface area (Å²) in [6.07, 6.45) is 0.511. The third-order valence-electron chi connectivity index (χ3n) is 3.17. The maximum Gasteiger partial charge on any atom is 0.226 e. The molecule has 23 heavy (non-hydrogen) atoms. The van der Waals surface area contributed by atoms with Crippen molar-refractivity contribution in [2.24, 2.45) is 0 Å². The Morgan fingerprint density at radius 2 is 2.00 bits per heavy atom. The third kappa shape index (κ3) is 5.24. The Hall–Kier alpha value is -2.65. The van der Waals surface area contributed by atoms with Gasteiger partial charge in [-0.3, -0.25) is 9.59 Å². The molecule has 2 amide bonds. The summed E-state index contributed by atoms with van der Waals surface area (Å²) in [5.41, 5.74) is 1.57. The van der Waals surface area contributed by atoms with Gasteiger partial charge in [-0.25, -0.2) is 0 Å². The van der Waals surface area contributed by atoms with Crippen LogP contribution in [0.3, 0.4) is 0 Å². The minimum Gasteiger partial charge on any atom is -0.348 e. The van der Waals surface area contributed by atoms with Crippen molar-refractivity contribution in [2.75, 3.05) is 5.32 Å². The molecule has 2 rings (SSSR count). The van der Waals surface area contributed by atoms with Gasteiger partial charge in [0.2, 0.25) is 11.8 Å². The van der Waals surface area contributed by atoms with Crippen molar-refractivity contribution in [1.29, 1.82) is 5.26 Å². The molecule has 0 fully saturated rings. The Morgan fingerprint density at radius 1 is 1.26 bits per heavy atom. The molecule has 0 radical (unpaired) electrons. The minimum absolute atomic E-state index is 0.167. The lowest BCUT2D eigenvalue weighted by atomic mass is 10.1. The van der Waals surface area contributed by atoms with Gasteiger partial charge in [-0.1, -0.05) is 18.2 Å². The molecule has 1 aromatic heterocycles. The second-order valence-corrected chi connectivity index (χ2v) is 6.03. The third-order valence-corrected chi connectivity index (χ3v) is 4.16. The fourth-order valence-corrected chi connectivity index (χ4v) is 2.93. The smallest absolute Gasteiger partial charge is 0.226 e. The summed E-state index contributed by atoms with van der Waals surface area (Å²) < 4.78 is 0. The number of hydrogen-bond acceptors (Lipinski definition) is 4. The molecule has 2 N–H and O–H groups in total. The van der Waals surface area contributed by atoms with Gasteiger partial charge in [-0.15, -0.1) is 11.3 Å². The summed E-state index contributed by atoms with van der Waals surface area (Å²) in [7, 11) is 0. The topological polar surface area (TPSA) is 82.0 Å². The van der Waals surface area contributed by atoms with E-state index in [1.807, 2.05) is 29.6 Å². The molecule has 0 spiro atoms. The number of benzene rings is 1. The van der Waals surface area contributed by atoms with Crippen LogP contribution in [0.1, 0.15) is 29.8 Å². The molecular weight excluding hydrogens is 310 g/mol. The Kier molecular flexibility index (Phi) is 5.89. The van der Waals surface area contributed by atoms with E-state index in [2.05, 4.69) is 16.7 Å². The van der Waals surface area contributed by atoms with Crippen LogP contribution in [0.2, 0.25) is 0 Å². The van der Waals surface area contributed by atoms with Crippen LogP contribution in [0.25, 0.3) is 0 Å². The van der Waals surface area contributed by atoms with Crippen LogP contribution >= 0.6 is 11.3 Å². The summed E-state index contributed by atoms with van der Waals surface area (Å²) in [5.74, 6) is -0.345. The van der Waals surface area contributed by atoms with Gasteiger partial charge in [-0.2, -0.15) is 5.26 Å². The first-order valence-electron chi connectivity index (χ1n) is 7.14. The Labute approximate surface area is 138 Å². The quantitative estimate of drug-likeness (QED) is 0.855. The molecule has 1 heterocycles. The van der Waals surface area contributed by atoms with E-state index < -0.39 is 0 Å². The minimum atomic E-state index is -0.328. The summed E-state index contributed by atoms with van der Waals surface area (Å²) in [6.45, 7) is 1.44. The van der Waals surface area contributed by atoms with E-state index >= 15 is 0 Å². The standard InChI is InChI=1S/C17H17N3O2S/c1-12(21)19-15(16-3-2-10-23-16)11-17(22)20-14-6-4-13(5-7-14)8-9-18/h2-7,10,15H,8,11H2,1H3,(H,19,21)(H,20,22)/t15-/m0/s1. The number of anilines is 1. The molecule has 0 bridgehead atoms. The van der Waals surface area contributed by atoms with Crippen molar-refractivity contribution in [3.8, 4) is 6.07 Å². The number of carbonyl (C=O) groups excluding carboxylic acids is 2. The highest BCUT2D eigenvalue weighted by Gasteiger charge is 2.18. The predicted octanol–water partition coefficient (Wildman–Crippen LogP) is 3.02. The van der Waals surface area contributed by atoms with E-state index in [9.17, 15) is 9.59 Å². The number of nitrogens with zero attached hydrogens (tertiary/aromatic N) is 1. The lowest BCUT2D eigenvalue weighted by molar-refractivity contribution is -0.120. The van der Waals surface area contributed by atoms with Gasteiger partial charge < -0.3 is 10.6 Å². The highest BCUT2D eigenvalue weighted by molar-refractivity contribution is 7.10. The predicted molar refractivity (Wildman–Crippen MR) is 89.9 cm³/mol. The fraction of sp³-hybridized carbons (Fsp3) is 0.235. The number of amides is 2. The van der Waals surface area contributed by atoms with E-state index in [-0.39, 0.29) is 24.3 Å². The number of hydrogen-bond donors (Lipinski definition) is 2. The molecule has 5 nitrogen and oxygen atoms in total. The normalized spacial score (nSPS) is 11.3. The maximum absolute atomic E-state index is 12.2. The molecular formula is C17H17N3O2S. The van der Waals surface area contributed by atoms with Crippen LogP contribution in [0.4, 0.5) is 5.69 Å². The van der Waals surface area contributed by atoms with E-state index in [1.54, 1.807) is 12.1 Å². The summed E-state index contributed by atoms with van der Waals surface area (Å²) >= 11 is 1.50. The molecule has 0 aliphatic heterocycles. The van der Waals surface area contributed by atoms with Crippen molar-refractivity contribution in [2.45, 2.75) is 25.8 Å². The van der Waals surface area contributed by atoms with Crippen LogP contribution in [-0.2, 0) is 16.0 Å². The van der Waals surface area contributed by atoms with Crippen molar-refractivity contribution >= 4 is 28.8 Å². The first-order chi connectivity index (χ1) is 11.1. The van der Waals surface area contributed by atoms with Gasteiger partial charge in [0.05, 0.1) is 25.0 Å². The van der Waals surface area contributed by atoms with Crippen LogP contribution < -0.4 is 10.6 Å². The Balaban J connectivity index is 1.98. The van der Waals surface area contributed by atoms with E-state index in [4.69, 9.17) is 5.26 Å². The second-order valence-electron chi connectivity index (χ2n) is 5.05. The maximum atomic E-state index is 12.2. The van der Waals surface area contributed by atoms with Crippen molar-refractivity contribution in [3.63, 3.8) is 0 Å². The monoisotopic (exact) mass is 327 g/mol. The van der Waals surface area contributed by atoms with Gasteiger partial charge in [0, 0.05) is 17.5 Å². The number of rotatable bonds is 6. The van der Waals surface area contributed by atoms with Crippen molar-refractivity contribution in [3.05, 3.63) is 52.2 Å². The zero-order valence-electron chi connectivity index (χ0n) is 12.7. The molecule has 0 unspecified atom stereocenters. The van der Waals surface area contributed by atoms with Crippen LogP contribution in [0.15, 0.2) is 41.8 Å². The van der Waals surface area contributed by atoms with E-state index in [1.165, 1.54) is 18.3 Å². The molecule has 1 atom stereocenters. The largest absolute Gasteiger partial charge is 0.348 e. The SMILES string of the molecule is CC(=O)N[C@@H](CC(=O)Nc1ccc(CC#N)cc1)c1cccs1. The molecule has 1 aromatic carbocycles. The zero-order chi connectivity index (χ0) is 16.7. The van der Waals surface area contributed by atoms with Gasteiger partial charge in [0.25, 0.3) is 0 Å². The molecule has 118 valence electrons. The van der Waals surface area contributed by atoms with Gasteiger partial charge in [0.15, 0.2) is 0 Å². The molecule has 6 heteroatoms. The zero-order valence-corrected chi connectivity index (χ0v) is 13.5. The van der Waals surface area contributed by atoms with Crippen LogP contribution in [-0.4, -0.2) is 11.8 Å². The lowest BCUT2D eigenvalue weighted by Crippen LogP contribution is -2.29. The first-order valence-corrected chi connectivity index (χ1v) is 8.02. The number of nitriles is 1. The van der Waals surface area contributed by atoms with Crippen molar-refractivity contribution < 1.29 is 9.59 Å². The molecule has 0 saturated carbocycles. The Morgan fingerprint density at radius 3 is 2.57 bits per heavy atom. The summed E-state index contributed by atoms with van der Waals surface area (Å²) in [5, 5.41) is 16.2. The number of nitrogens with one attached hydrogen (secondary N) is 2. The lowest BCUT2D eigenvalue weighted by Gasteiger charge is -2.16. The Bertz CT molecular complexity index is 702. The molecule has 0 aliphatic carbocycles. The molecule has 0 aliphatic rings. The molecule has 2 aromatic rings. The van der Waals surface area contributed by atoms with Crippen LogP contribution in [0.5, 0.6) is 0 Å². The molecule has 0 saturated heterocycles. The summed E-state index contributed by atoms with van der Waals surface area (Å²) in [6, 6.07) is 12.7. The average molecular weight is 327 g/mol. The van der Waals surface area contributed by atoms with E-state index in [0.717, 1.165) is 10.4 Å². The van der Waals surface area contributed by atoms with Crippen LogP contribution in [0, 0.1) is 11.3 Å². The highest BCUT2D eigenvalue weighted by Crippen LogP contribution is 2.22. The fourth-order valence-electron chi connectivity index (χ4n) is 2.15. The first kappa shape index (κ1) is 16.7. The summed E-state index contributed by atoms with van der Waals surface area (Å²) in [4.78, 5) is 24.5. The number of thiophene rings is 1.